The van der Waals surface area contributed by atoms with Gasteiger partial charge in [0.25, 0.3) is 5.91 Å². The number of nitrogens with zero attached hydrogens (tertiary/aromatic N) is 3. The molecule has 0 radical (unpaired) electrons. The fraction of sp³-hybridized carbons (Fsp3) is 0.290. The summed E-state index contributed by atoms with van der Waals surface area (Å²) in [7, 11) is 4.65. The lowest BCUT2D eigenvalue weighted by molar-refractivity contribution is -0.130. The second-order valence-corrected chi connectivity index (χ2v) is 10.9. The Bertz CT molecular complexity index is 1670. The van der Waals surface area contributed by atoms with Gasteiger partial charge in [-0.25, -0.2) is 9.99 Å². The molecule has 10 nitrogen and oxygen atoms in total. The molecule has 0 saturated carbocycles. The van der Waals surface area contributed by atoms with Crippen LogP contribution >= 0.6 is 11.3 Å². The Morgan fingerprint density at radius 3 is 2.38 bits per heavy atom. The van der Waals surface area contributed by atoms with Crippen LogP contribution < -0.4 is 24.3 Å². The van der Waals surface area contributed by atoms with Gasteiger partial charge in [0, 0.05) is 18.9 Å². The van der Waals surface area contributed by atoms with E-state index in [9.17, 15) is 9.59 Å². The maximum Gasteiger partial charge on any atom is 0.264 e. The summed E-state index contributed by atoms with van der Waals surface area (Å²) in [5.74, 6) is 1.51. The van der Waals surface area contributed by atoms with Crippen LogP contribution in [0.5, 0.6) is 23.0 Å². The molecule has 3 aromatic carbocycles. The number of aryl methyl sites for hydroxylation is 2. The summed E-state index contributed by atoms with van der Waals surface area (Å²) in [6.45, 7) is 5.22. The van der Waals surface area contributed by atoms with Crippen LogP contribution in [0.3, 0.4) is 0 Å². The van der Waals surface area contributed by atoms with Crippen LogP contribution in [-0.2, 0) is 9.59 Å². The van der Waals surface area contributed by atoms with E-state index in [1.165, 1.54) is 23.3 Å². The lowest BCUT2D eigenvalue weighted by Crippen LogP contribution is -2.24. The minimum Gasteiger partial charge on any atom is -0.493 e. The van der Waals surface area contributed by atoms with Gasteiger partial charge < -0.3 is 18.9 Å². The molecule has 0 spiro atoms. The standard InChI is InChI=1S/C31H32N4O6S/c1-17-7-10-22-28(11-17)42-31(32-22)33-29(37)16-41-25-12-20(9-8-18(25)2)24-15-23(34-35(24)19(3)36)21-13-26(38-4)30(40-6)27(14-21)39-5/h7-14,24H,15-16H2,1-6H3,(H,32,33,37). The van der Waals surface area contributed by atoms with Crippen LogP contribution in [0.25, 0.3) is 10.2 Å². The minimum absolute atomic E-state index is 0.187. The van der Waals surface area contributed by atoms with E-state index in [1.807, 2.05) is 62.4 Å². The van der Waals surface area contributed by atoms with Crippen LogP contribution in [0.4, 0.5) is 5.13 Å². The SMILES string of the molecule is COc1cc(C2=NN(C(C)=O)C(c3ccc(C)c(OCC(=O)Nc4nc5ccc(C)cc5s4)c3)C2)cc(OC)c1OC. The van der Waals surface area contributed by atoms with Crippen molar-refractivity contribution < 1.29 is 28.5 Å². The van der Waals surface area contributed by atoms with Crippen LogP contribution in [0.2, 0.25) is 0 Å². The quantitative estimate of drug-likeness (QED) is 0.269. The Kier molecular flexibility index (Phi) is 8.30. The predicted octanol–water partition coefficient (Wildman–Crippen LogP) is 5.65. The lowest BCUT2D eigenvalue weighted by Gasteiger charge is -2.21. The molecule has 0 aliphatic carbocycles. The summed E-state index contributed by atoms with van der Waals surface area (Å²) in [6.07, 6.45) is 0.457. The van der Waals surface area contributed by atoms with Gasteiger partial charge in [-0.15, -0.1) is 0 Å². The average Bonchev–Trinajstić information content (AvgIpc) is 3.60. The number of thiazole rings is 1. The molecular formula is C31H32N4O6S. The van der Waals surface area contributed by atoms with Crippen LogP contribution in [0, 0.1) is 13.8 Å². The number of amides is 2. The third-order valence-electron chi connectivity index (χ3n) is 6.98. The van der Waals surface area contributed by atoms with Gasteiger partial charge >= 0.3 is 0 Å². The zero-order valence-electron chi connectivity index (χ0n) is 24.3. The highest BCUT2D eigenvalue weighted by Gasteiger charge is 2.33. The molecule has 2 amide bonds. The largest absolute Gasteiger partial charge is 0.493 e. The number of anilines is 1. The number of benzene rings is 3. The second-order valence-electron chi connectivity index (χ2n) is 9.90. The number of carbonyl (C=O) groups excluding carboxylic acids is 2. The van der Waals surface area contributed by atoms with Gasteiger partial charge in [0.05, 0.1) is 43.3 Å². The lowest BCUT2D eigenvalue weighted by atomic mass is 9.97. The average molecular weight is 589 g/mol. The number of fused-ring (bicyclic) bond motifs is 1. The predicted molar refractivity (Wildman–Crippen MR) is 162 cm³/mol. The second kappa shape index (κ2) is 12.1. The number of hydrogen-bond acceptors (Lipinski definition) is 9. The number of nitrogens with one attached hydrogen (secondary N) is 1. The maximum absolute atomic E-state index is 12.7. The Morgan fingerprint density at radius 1 is 0.976 bits per heavy atom. The van der Waals surface area contributed by atoms with Crippen molar-refractivity contribution in [2.75, 3.05) is 33.3 Å². The van der Waals surface area contributed by atoms with Gasteiger partial charge in [0.1, 0.15) is 5.75 Å². The number of hydrazone groups is 1. The van der Waals surface area contributed by atoms with Crippen molar-refractivity contribution in [1.29, 1.82) is 0 Å². The third kappa shape index (κ3) is 5.87. The molecule has 2 heterocycles. The minimum atomic E-state index is -0.362. The van der Waals surface area contributed by atoms with Crippen LogP contribution in [-0.4, -0.2) is 55.5 Å². The van der Waals surface area contributed by atoms with Gasteiger partial charge in [-0.3, -0.25) is 14.9 Å². The summed E-state index contributed by atoms with van der Waals surface area (Å²) in [5.41, 5.74) is 5.12. The van der Waals surface area contributed by atoms with Crippen LogP contribution in [0.15, 0.2) is 53.6 Å². The van der Waals surface area contributed by atoms with E-state index in [0.717, 1.165) is 32.5 Å². The van der Waals surface area contributed by atoms with Crippen molar-refractivity contribution in [1.82, 2.24) is 9.99 Å². The molecular weight excluding hydrogens is 556 g/mol. The van der Waals surface area contributed by atoms with Crippen molar-refractivity contribution in [3.63, 3.8) is 0 Å². The number of carbonyl (C=O) groups is 2. The van der Waals surface area contributed by atoms with E-state index < -0.39 is 0 Å². The molecule has 1 aliphatic heterocycles. The van der Waals surface area contributed by atoms with Crippen molar-refractivity contribution in [3.8, 4) is 23.0 Å². The first kappa shape index (κ1) is 28.9. The van der Waals surface area contributed by atoms with Gasteiger partial charge in [-0.2, -0.15) is 5.10 Å². The van der Waals surface area contributed by atoms with E-state index in [4.69, 9.17) is 18.9 Å². The number of methoxy groups -OCH3 is 3. The smallest absolute Gasteiger partial charge is 0.264 e. The molecule has 1 aromatic heterocycles. The highest BCUT2D eigenvalue weighted by molar-refractivity contribution is 7.22. The summed E-state index contributed by atoms with van der Waals surface area (Å²) in [5, 5.41) is 9.47. The molecule has 1 N–H and O–H groups in total. The number of ether oxygens (including phenoxy) is 4. The zero-order chi connectivity index (χ0) is 30.0. The molecule has 11 heteroatoms. The first-order valence-corrected chi connectivity index (χ1v) is 14.1. The molecule has 1 atom stereocenters. The van der Waals surface area contributed by atoms with Gasteiger partial charge in [0.15, 0.2) is 23.2 Å². The number of hydrogen-bond donors (Lipinski definition) is 1. The highest BCUT2D eigenvalue weighted by atomic mass is 32.1. The number of rotatable bonds is 9. The van der Waals surface area contributed by atoms with Crippen molar-refractivity contribution in [2.45, 2.75) is 33.2 Å². The monoisotopic (exact) mass is 588 g/mol. The van der Waals surface area contributed by atoms with Gasteiger partial charge in [-0.05, 0) is 60.9 Å². The van der Waals surface area contributed by atoms with Gasteiger partial charge in [0.2, 0.25) is 11.7 Å². The van der Waals surface area contributed by atoms with Crippen molar-refractivity contribution in [2.24, 2.45) is 5.10 Å². The summed E-state index contributed by atoms with van der Waals surface area (Å²) >= 11 is 1.42. The highest BCUT2D eigenvalue weighted by Crippen LogP contribution is 2.41. The molecule has 0 saturated heterocycles. The van der Waals surface area contributed by atoms with E-state index in [2.05, 4.69) is 15.4 Å². The first-order valence-electron chi connectivity index (χ1n) is 13.3. The zero-order valence-corrected chi connectivity index (χ0v) is 25.1. The third-order valence-corrected chi connectivity index (χ3v) is 7.91. The Labute approximate surface area is 247 Å². The molecule has 0 fully saturated rings. The Morgan fingerprint density at radius 2 is 1.71 bits per heavy atom. The summed E-state index contributed by atoms with van der Waals surface area (Å²) in [4.78, 5) is 29.8. The fourth-order valence-electron chi connectivity index (χ4n) is 4.85. The normalized spacial score (nSPS) is 14.5. The molecule has 42 heavy (non-hydrogen) atoms. The Balaban J connectivity index is 1.33. The molecule has 1 unspecified atom stereocenters. The molecule has 218 valence electrons. The van der Waals surface area contributed by atoms with E-state index in [1.54, 1.807) is 21.3 Å². The maximum atomic E-state index is 12.7. The summed E-state index contributed by atoms with van der Waals surface area (Å²) in [6, 6.07) is 14.9. The van der Waals surface area contributed by atoms with Crippen molar-refractivity contribution in [3.05, 3.63) is 70.8 Å². The summed E-state index contributed by atoms with van der Waals surface area (Å²) < 4.78 is 23.4. The van der Waals surface area contributed by atoms with Crippen LogP contribution in [0.1, 0.15) is 41.6 Å². The van der Waals surface area contributed by atoms with E-state index in [0.29, 0.717) is 40.3 Å². The molecule has 5 rings (SSSR count). The van der Waals surface area contributed by atoms with E-state index in [-0.39, 0.29) is 24.5 Å². The molecule has 1 aliphatic rings. The van der Waals surface area contributed by atoms with Gasteiger partial charge in [-0.1, -0.05) is 29.5 Å². The van der Waals surface area contributed by atoms with Crippen molar-refractivity contribution >= 4 is 44.2 Å². The first-order chi connectivity index (χ1) is 20.2. The molecule has 0 bridgehead atoms. The fourth-order valence-corrected chi connectivity index (χ4v) is 5.83. The molecule has 4 aromatic rings. The Hall–Kier alpha value is -4.64. The van der Waals surface area contributed by atoms with E-state index >= 15 is 0 Å². The number of aromatic nitrogens is 1. The topological polar surface area (TPSA) is 112 Å².